The molecule has 0 aliphatic rings. The molecule has 0 aliphatic carbocycles. The Morgan fingerprint density at radius 2 is 2.28 bits per heavy atom. The van der Waals surface area contributed by atoms with E-state index in [9.17, 15) is 4.39 Å². The van der Waals surface area contributed by atoms with Crippen molar-refractivity contribution in [1.82, 2.24) is 9.97 Å². The van der Waals surface area contributed by atoms with Gasteiger partial charge in [0.1, 0.15) is 5.75 Å². The van der Waals surface area contributed by atoms with Crippen molar-refractivity contribution >= 4 is 21.9 Å². The van der Waals surface area contributed by atoms with E-state index >= 15 is 0 Å². The Labute approximate surface area is 112 Å². The monoisotopic (exact) mass is 311 g/mol. The van der Waals surface area contributed by atoms with Crippen LogP contribution in [0.1, 0.15) is 6.92 Å². The second kappa shape index (κ2) is 5.77. The molecule has 0 aliphatic heterocycles. The Bertz CT molecular complexity index is 551. The maximum atomic E-state index is 13.5. The van der Waals surface area contributed by atoms with Crippen LogP contribution in [0.25, 0.3) is 0 Å². The summed E-state index contributed by atoms with van der Waals surface area (Å²) in [6.07, 6.45) is 1.08. The molecule has 0 unspecified atom stereocenters. The predicted molar refractivity (Wildman–Crippen MR) is 70.4 cm³/mol. The topological polar surface area (TPSA) is 47.0 Å². The van der Waals surface area contributed by atoms with Crippen molar-refractivity contribution in [3.05, 3.63) is 40.8 Å². The molecular formula is C12H11BrFN3O. The van der Waals surface area contributed by atoms with E-state index in [-0.39, 0.29) is 5.88 Å². The van der Waals surface area contributed by atoms with E-state index in [1.54, 1.807) is 18.2 Å². The van der Waals surface area contributed by atoms with E-state index in [2.05, 4.69) is 31.2 Å². The molecule has 2 rings (SSSR count). The van der Waals surface area contributed by atoms with Crippen LogP contribution in [0.4, 0.5) is 10.3 Å². The molecule has 0 bridgehead atoms. The highest BCUT2D eigenvalue weighted by Crippen LogP contribution is 2.25. The van der Waals surface area contributed by atoms with Gasteiger partial charge in [-0.05, 0) is 25.1 Å². The lowest BCUT2D eigenvalue weighted by molar-refractivity contribution is 0.420. The summed E-state index contributed by atoms with van der Waals surface area (Å²) in [7, 11) is 0. The highest BCUT2D eigenvalue weighted by atomic mass is 79.9. The van der Waals surface area contributed by atoms with E-state index < -0.39 is 5.82 Å². The fourth-order valence-corrected chi connectivity index (χ4v) is 1.69. The number of rotatable bonds is 4. The Balaban J connectivity index is 2.25. The largest absolute Gasteiger partial charge is 0.436 e. The summed E-state index contributed by atoms with van der Waals surface area (Å²) < 4.78 is 19.7. The Kier molecular flexibility index (Phi) is 4.09. The van der Waals surface area contributed by atoms with Crippen molar-refractivity contribution in [1.29, 1.82) is 0 Å². The molecule has 4 nitrogen and oxygen atoms in total. The normalized spacial score (nSPS) is 10.2. The van der Waals surface area contributed by atoms with Crippen LogP contribution in [0, 0.1) is 5.82 Å². The van der Waals surface area contributed by atoms with Gasteiger partial charge in [0.05, 0.1) is 6.20 Å². The smallest absolute Gasteiger partial charge is 0.260 e. The number of hydrogen-bond donors (Lipinski definition) is 1. The van der Waals surface area contributed by atoms with E-state index in [1.807, 2.05) is 13.0 Å². The average Bonchev–Trinajstić information content (AvgIpc) is 2.34. The molecule has 0 spiro atoms. The van der Waals surface area contributed by atoms with E-state index in [4.69, 9.17) is 4.74 Å². The van der Waals surface area contributed by atoms with E-state index in [0.29, 0.717) is 18.2 Å². The standard InChI is InChI=1S/C12H11BrFN3O/c1-2-15-12-16-7-10(14)11(17-12)18-9-5-3-4-8(13)6-9/h3-7H,2H2,1H3,(H,15,16,17). The SMILES string of the molecule is CCNc1ncc(F)c(Oc2cccc(Br)c2)n1. The second-order valence-electron chi connectivity index (χ2n) is 3.44. The number of ether oxygens (including phenoxy) is 1. The van der Waals surface area contributed by atoms with Crippen LogP contribution in [-0.2, 0) is 0 Å². The van der Waals surface area contributed by atoms with Crippen LogP contribution < -0.4 is 10.1 Å². The third kappa shape index (κ3) is 3.16. The maximum Gasteiger partial charge on any atom is 0.260 e. The number of hydrogen-bond acceptors (Lipinski definition) is 4. The van der Waals surface area contributed by atoms with Crippen LogP contribution in [-0.4, -0.2) is 16.5 Å². The average molecular weight is 312 g/mol. The lowest BCUT2D eigenvalue weighted by atomic mass is 10.3. The lowest BCUT2D eigenvalue weighted by Crippen LogP contribution is -2.04. The highest BCUT2D eigenvalue weighted by Gasteiger charge is 2.09. The molecule has 18 heavy (non-hydrogen) atoms. The number of halogens is 2. The maximum absolute atomic E-state index is 13.5. The number of aromatic nitrogens is 2. The molecule has 0 amide bonds. The number of nitrogens with zero attached hydrogens (tertiary/aromatic N) is 2. The summed E-state index contributed by atoms with van der Waals surface area (Å²) >= 11 is 3.31. The van der Waals surface area contributed by atoms with Gasteiger partial charge in [0.15, 0.2) is 0 Å². The van der Waals surface area contributed by atoms with E-state index in [0.717, 1.165) is 10.7 Å². The van der Waals surface area contributed by atoms with Gasteiger partial charge in [0.2, 0.25) is 11.8 Å². The van der Waals surface area contributed by atoms with Gasteiger partial charge >= 0.3 is 0 Å². The van der Waals surface area contributed by atoms with Gasteiger partial charge in [-0.2, -0.15) is 9.37 Å². The molecule has 2 aromatic rings. The molecule has 1 aromatic carbocycles. The summed E-state index contributed by atoms with van der Waals surface area (Å²) in [5, 5.41) is 2.89. The summed E-state index contributed by atoms with van der Waals surface area (Å²) in [5.41, 5.74) is 0. The van der Waals surface area contributed by atoms with Gasteiger partial charge in [0, 0.05) is 11.0 Å². The van der Waals surface area contributed by atoms with Crippen molar-refractivity contribution < 1.29 is 9.13 Å². The minimum Gasteiger partial charge on any atom is -0.436 e. The van der Waals surface area contributed by atoms with Crippen molar-refractivity contribution in [3.63, 3.8) is 0 Å². The highest BCUT2D eigenvalue weighted by molar-refractivity contribution is 9.10. The Morgan fingerprint density at radius 1 is 1.44 bits per heavy atom. The molecule has 0 radical (unpaired) electrons. The molecule has 1 heterocycles. The molecule has 1 N–H and O–H groups in total. The zero-order valence-electron chi connectivity index (χ0n) is 9.65. The van der Waals surface area contributed by atoms with Crippen LogP contribution in [0.3, 0.4) is 0 Å². The first-order chi connectivity index (χ1) is 8.69. The van der Waals surface area contributed by atoms with E-state index in [1.165, 1.54) is 0 Å². The fourth-order valence-electron chi connectivity index (χ4n) is 1.31. The van der Waals surface area contributed by atoms with Gasteiger partial charge in [-0.15, -0.1) is 0 Å². The third-order valence-corrected chi connectivity index (χ3v) is 2.55. The molecule has 0 fully saturated rings. The molecule has 0 saturated heterocycles. The summed E-state index contributed by atoms with van der Waals surface area (Å²) in [5.74, 6) is 0.143. The summed E-state index contributed by atoms with van der Waals surface area (Å²) in [6, 6.07) is 7.10. The Hall–Kier alpha value is -1.69. The van der Waals surface area contributed by atoms with Crippen molar-refractivity contribution in [2.75, 3.05) is 11.9 Å². The van der Waals surface area contributed by atoms with Gasteiger partial charge in [-0.1, -0.05) is 22.0 Å². The third-order valence-electron chi connectivity index (χ3n) is 2.06. The zero-order chi connectivity index (χ0) is 13.0. The second-order valence-corrected chi connectivity index (χ2v) is 4.35. The van der Waals surface area contributed by atoms with Crippen molar-refractivity contribution in [2.24, 2.45) is 0 Å². The van der Waals surface area contributed by atoms with Crippen LogP contribution >= 0.6 is 15.9 Å². The number of anilines is 1. The van der Waals surface area contributed by atoms with Crippen LogP contribution in [0.2, 0.25) is 0 Å². The van der Waals surface area contributed by atoms with Crippen molar-refractivity contribution in [3.8, 4) is 11.6 Å². The first-order valence-electron chi connectivity index (χ1n) is 5.39. The molecule has 94 valence electrons. The molecule has 6 heteroatoms. The molecule has 0 saturated carbocycles. The van der Waals surface area contributed by atoms with Gasteiger partial charge in [-0.3, -0.25) is 0 Å². The Morgan fingerprint density at radius 3 is 3.00 bits per heavy atom. The molecule has 1 aromatic heterocycles. The first-order valence-corrected chi connectivity index (χ1v) is 6.18. The van der Waals surface area contributed by atoms with Crippen LogP contribution in [0.15, 0.2) is 34.9 Å². The zero-order valence-corrected chi connectivity index (χ0v) is 11.2. The number of benzene rings is 1. The lowest BCUT2D eigenvalue weighted by Gasteiger charge is -2.07. The first kappa shape index (κ1) is 12.8. The molecule has 0 atom stereocenters. The summed E-state index contributed by atoms with van der Waals surface area (Å²) in [6.45, 7) is 2.56. The molecular weight excluding hydrogens is 301 g/mol. The van der Waals surface area contributed by atoms with Crippen molar-refractivity contribution in [2.45, 2.75) is 6.92 Å². The predicted octanol–water partition coefficient (Wildman–Crippen LogP) is 3.60. The minimum atomic E-state index is -0.600. The van der Waals surface area contributed by atoms with Gasteiger partial charge < -0.3 is 10.1 Å². The van der Waals surface area contributed by atoms with Crippen LogP contribution in [0.5, 0.6) is 11.6 Å². The van der Waals surface area contributed by atoms with Gasteiger partial charge in [-0.25, -0.2) is 4.98 Å². The quantitative estimate of drug-likeness (QED) is 0.937. The summed E-state index contributed by atoms with van der Waals surface area (Å²) in [4.78, 5) is 7.75. The number of nitrogens with one attached hydrogen (secondary N) is 1. The van der Waals surface area contributed by atoms with Gasteiger partial charge in [0.25, 0.3) is 5.88 Å². The minimum absolute atomic E-state index is 0.0981. The fraction of sp³-hybridized carbons (Fsp3) is 0.167.